The maximum Gasteiger partial charge on any atom is 0.261 e. The number of carbonyl (C=O) groups excluding carboxylic acids is 1. The van der Waals surface area contributed by atoms with Gasteiger partial charge in [0.2, 0.25) is 0 Å². The molecule has 0 aliphatic carbocycles. The van der Waals surface area contributed by atoms with Crippen LogP contribution >= 0.6 is 11.6 Å². The van der Waals surface area contributed by atoms with Gasteiger partial charge in [-0.15, -0.1) is 0 Å². The molecule has 1 aromatic heterocycles. The smallest absolute Gasteiger partial charge is 0.261 e. The molecule has 1 amide bonds. The first-order chi connectivity index (χ1) is 14.8. The molecule has 31 heavy (non-hydrogen) atoms. The SMILES string of the molecule is O=C(NCc1cn2c(n1)CCCC2)c1ccc(NS(=O)(=O)c2ccc(F)c(Cl)c2)cc1. The minimum absolute atomic E-state index is 0.163. The van der Waals surface area contributed by atoms with E-state index in [1.807, 2.05) is 6.20 Å². The maximum absolute atomic E-state index is 13.3. The topological polar surface area (TPSA) is 93.1 Å². The molecule has 2 aromatic carbocycles. The molecule has 4 rings (SSSR count). The molecule has 7 nitrogen and oxygen atoms in total. The Labute approximate surface area is 184 Å². The van der Waals surface area contributed by atoms with Crippen molar-refractivity contribution in [1.29, 1.82) is 0 Å². The van der Waals surface area contributed by atoms with Gasteiger partial charge in [0.15, 0.2) is 0 Å². The molecular formula is C21H20ClFN4O3S. The molecule has 0 spiro atoms. The molecule has 10 heteroatoms. The summed E-state index contributed by atoms with van der Waals surface area (Å²) >= 11 is 5.66. The van der Waals surface area contributed by atoms with E-state index >= 15 is 0 Å². The summed E-state index contributed by atoms with van der Waals surface area (Å²) in [5, 5.41) is 2.54. The van der Waals surface area contributed by atoms with Crippen molar-refractivity contribution in [2.24, 2.45) is 0 Å². The van der Waals surface area contributed by atoms with Crippen molar-refractivity contribution in [1.82, 2.24) is 14.9 Å². The molecule has 0 saturated carbocycles. The lowest BCUT2D eigenvalue weighted by Crippen LogP contribution is -2.23. The van der Waals surface area contributed by atoms with E-state index in [4.69, 9.17) is 11.6 Å². The molecule has 0 atom stereocenters. The number of fused-ring (bicyclic) bond motifs is 1. The van der Waals surface area contributed by atoms with Crippen LogP contribution in [0.25, 0.3) is 0 Å². The summed E-state index contributed by atoms with van der Waals surface area (Å²) in [5.74, 6) is 0.0620. The number of nitrogens with one attached hydrogen (secondary N) is 2. The van der Waals surface area contributed by atoms with Gasteiger partial charge in [-0.2, -0.15) is 0 Å². The molecule has 0 unspecified atom stereocenters. The Morgan fingerprint density at radius 1 is 1.16 bits per heavy atom. The van der Waals surface area contributed by atoms with Gasteiger partial charge in [0.25, 0.3) is 15.9 Å². The van der Waals surface area contributed by atoms with Crippen molar-refractivity contribution in [3.63, 3.8) is 0 Å². The minimum atomic E-state index is -3.95. The normalized spacial score (nSPS) is 13.5. The molecule has 0 bridgehead atoms. The van der Waals surface area contributed by atoms with Crippen LogP contribution in [0.3, 0.4) is 0 Å². The Morgan fingerprint density at radius 3 is 2.65 bits per heavy atom. The van der Waals surface area contributed by atoms with Gasteiger partial charge in [0.05, 0.1) is 22.2 Å². The van der Waals surface area contributed by atoms with E-state index in [0.29, 0.717) is 12.1 Å². The molecular weight excluding hydrogens is 443 g/mol. The Kier molecular flexibility index (Phi) is 5.97. The maximum atomic E-state index is 13.3. The number of amides is 1. The monoisotopic (exact) mass is 462 g/mol. The summed E-state index contributed by atoms with van der Waals surface area (Å²) in [7, 11) is -3.95. The van der Waals surface area contributed by atoms with Crippen molar-refractivity contribution in [3.05, 3.63) is 76.6 Å². The summed E-state index contributed by atoms with van der Waals surface area (Å²) < 4.78 is 42.7. The van der Waals surface area contributed by atoms with E-state index < -0.39 is 15.8 Å². The second kappa shape index (κ2) is 8.68. The molecule has 1 aliphatic heterocycles. The van der Waals surface area contributed by atoms with Crippen molar-refractivity contribution in [2.75, 3.05) is 4.72 Å². The zero-order valence-electron chi connectivity index (χ0n) is 16.4. The van der Waals surface area contributed by atoms with Crippen LogP contribution in [0.1, 0.15) is 34.7 Å². The summed E-state index contributed by atoms with van der Waals surface area (Å²) in [6, 6.07) is 9.14. The molecule has 0 radical (unpaired) electrons. The first-order valence-electron chi connectivity index (χ1n) is 9.73. The van der Waals surface area contributed by atoms with Crippen LogP contribution in [-0.2, 0) is 29.5 Å². The van der Waals surface area contributed by atoms with Gasteiger partial charge in [-0.3, -0.25) is 9.52 Å². The average Bonchev–Trinajstić information content (AvgIpc) is 3.17. The molecule has 0 saturated heterocycles. The molecule has 1 aliphatic rings. The van der Waals surface area contributed by atoms with E-state index in [0.717, 1.165) is 55.5 Å². The fourth-order valence-corrected chi connectivity index (χ4v) is 4.71. The van der Waals surface area contributed by atoms with Crippen molar-refractivity contribution in [3.8, 4) is 0 Å². The third-order valence-corrected chi connectivity index (χ3v) is 6.66. The average molecular weight is 463 g/mol. The third-order valence-electron chi connectivity index (χ3n) is 4.99. The number of benzene rings is 2. The van der Waals surface area contributed by atoms with E-state index in [1.54, 1.807) is 0 Å². The highest BCUT2D eigenvalue weighted by molar-refractivity contribution is 7.92. The number of imidazole rings is 1. The molecule has 2 N–H and O–H groups in total. The zero-order chi connectivity index (χ0) is 22.0. The van der Waals surface area contributed by atoms with Gasteiger partial charge in [-0.25, -0.2) is 17.8 Å². The standard InChI is InChI=1S/C21H20ClFN4O3S/c22-18-11-17(8-9-19(18)23)31(29,30)26-15-6-4-14(5-7-15)21(28)24-12-16-13-27-10-2-1-3-20(27)25-16/h4-9,11,13,26H,1-3,10,12H2,(H,24,28). The number of aromatic nitrogens is 2. The Bertz CT molecular complexity index is 1200. The van der Waals surface area contributed by atoms with Gasteiger partial charge in [-0.05, 0) is 55.3 Å². The van der Waals surface area contributed by atoms with E-state index in [-0.39, 0.29) is 21.5 Å². The van der Waals surface area contributed by atoms with Gasteiger partial charge in [0.1, 0.15) is 11.6 Å². The summed E-state index contributed by atoms with van der Waals surface area (Å²) in [5.41, 5.74) is 1.46. The highest BCUT2D eigenvalue weighted by atomic mass is 35.5. The highest BCUT2D eigenvalue weighted by Gasteiger charge is 2.17. The lowest BCUT2D eigenvalue weighted by Gasteiger charge is -2.11. The van der Waals surface area contributed by atoms with Crippen LogP contribution in [0, 0.1) is 5.82 Å². The molecule has 162 valence electrons. The third kappa shape index (κ3) is 4.88. The number of carbonyl (C=O) groups is 1. The predicted octanol–water partition coefficient (Wildman–Crippen LogP) is 3.74. The largest absolute Gasteiger partial charge is 0.346 e. The second-order valence-corrected chi connectivity index (χ2v) is 9.33. The van der Waals surface area contributed by atoms with Crippen molar-refractivity contribution < 1.29 is 17.6 Å². The van der Waals surface area contributed by atoms with Crippen LogP contribution in [0.4, 0.5) is 10.1 Å². The summed E-state index contributed by atoms with van der Waals surface area (Å²) in [6.07, 6.45) is 5.19. The number of sulfonamides is 1. The molecule has 3 aromatic rings. The lowest BCUT2D eigenvalue weighted by molar-refractivity contribution is 0.0950. The van der Waals surface area contributed by atoms with Gasteiger partial charge in [0, 0.05) is 30.4 Å². The van der Waals surface area contributed by atoms with Crippen molar-refractivity contribution in [2.45, 2.75) is 37.2 Å². The van der Waals surface area contributed by atoms with Crippen LogP contribution in [0.5, 0.6) is 0 Å². The van der Waals surface area contributed by atoms with Crippen LogP contribution in [0.2, 0.25) is 5.02 Å². The number of nitrogens with zero attached hydrogens (tertiary/aromatic N) is 2. The van der Waals surface area contributed by atoms with Crippen molar-refractivity contribution >= 4 is 33.2 Å². The number of hydrogen-bond acceptors (Lipinski definition) is 4. The fourth-order valence-electron chi connectivity index (χ4n) is 3.38. The van der Waals surface area contributed by atoms with Gasteiger partial charge < -0.3 is 9.88 Å². The Hall–Kier alpha value is -2.91. The van der Waals surface area contributed by atoms with Crippen LogP contribution in [-0.4, -0.2) is 23.9 Å². The predicted molar refractivity (Wildman–Crippen MR) is 115 cm³/mol. The number of rotatable bonds is 6. The van der Waals surface area contributed by atoms with E-state index in [1.165, 1.54) is 24.3 Å². The molecule has 2 heterocycles. The number of halogens is 2. The quantitative estimate of drug-likeness (QED) is 0.583. The first-order valence-corrected chi connectivity index (χ1v) is 11.6. The Morgan fingerprint density at radius 2 is 1.94 bits per heavy atom. The minimum Gasteiger partial charge on any atom is -0.346 e. The number of hydrogen-bond donors (Lipinski definition) is 2. The summed E-state index contributed by atoms with van der Waals surface area (Å²) in [4.78, 5) is 16.8. The van der Waals surface area contributed by atoms with Gasteiger partial charge >= 0.3 is 0 Å². The number of aryl methyl sites for hydroxylation is 2. The lowest BCUT2D eigenvalue weighted by atomic mass is 10.2. The first kappa shape index (κ1) is 21.3. The van der Waals surface area contributed by atoms with Crippen LogP contribution in [0.15, 0.2) is 53.6 Å². The zero-order valence-corrected chi connectivity index (χ0v) is 18.0. The summed E-state index contributed by atoms with van der Waals surface area (Å²) in [6.45, 7) is 1.27. The number of anilines is 1. The Balaban J connectivity index is 1.38. The van der Waals surface area contributed by atoms with Gasteiger partial charge in [-0.1, -0.05) is 11.6 Å². The highest BCUT2D eigenvalue weighted by Crippen LogP contribution is 2.22. The van der Waals surface area contributed by atoms with E-state index in [2.05, 4.69) is 19.6 Å². The second-order valence-electron chi connectivity index (χ2n) is 7.24. The van der Waals surface area contributed by atoms with Crippen LogP contribution < -0.4 is 10.0 Å². The van der Waals surface area contributed by atoms with E-state index in [9.17, 15) is 17.6 Å². The fraction of sp³-hybridized carbons (Fsp3) is 0.238. The molecule has 0 fully saturated rings.